The molecule has 0 spiro atoms. The molecule has 0 radical (unpaired) electrons. The van der Waals surface area contributed by atoms with Crippen molar-refractivity contribution >= 4 is 33.5 Å². The van der Waals surface area contributed by atoms with Gasteiger partial charge in [0, 0.05) is 21.8 Å². The minimum atomic E-state index is -2.48. The molecule has 0 N–H and O–H groups in total. The first-order valence-corrected chi connectivity index (χ1v) is 7.14. The highest BCUT2D eigenvalue weighted by Gasteiger charge is 2.36. The lowest BCUT2D eigenvalue weighted by molar-refractivity contribution is -0.0446. The Kier molecular flexibility index (Phi) is 3.03. The quantitative estimate of drug-likeness (QED) is 0.688. The van der Waals surface area contributed by atoms with Crippen molar-refractivity contribution in [3.8, 4) is 0 Å². The number of hydrogen-bond acceptors (Lipinski definition) is 1. The van der Waals surface area contributed by atoms with E-state index in [4.69, 9.17) is 0 Å². The van der Waals surface area contributed by atoms with Crippen molar-refractivity contribution in [1.82, 2.24) is 9.78 Å². The molecule has 3 rings (SSSR count). The molecule has 1 heterocycles. The fraction of sp³-hybridized carbons (Fsp3) is 0.462. The molecule has 96 valence electrons. The predicted octanol–water partition coefficient (Wildman–Crippen LogP) is 4.39. The van der Waals surface area contributed by atoms with Crippen LogP contribution in [0.5, 0.6) is 0 Å². The van der Waals surface area contributed by atoms with Crippen LogP contribution in [-0.4, -0.2) is 15.7 Å². The zero-order valence-corrected chi connectivity index (χ0v) is 11.9. The highest BCUT2D eigenvalue weighted by Crippen LogP contribution is 2.39. The summed E-state index contributed by atoms with van der Waals surface area (Å²) in [5.74, 6) is -2.48. The van der Waals surface area contributed by atoms with Crippen molar-refractivity contribution in [3.63, 3.8) is 0 Å². The van der Waals surface area contributed by atoms with Gasteiger partial charge in [-0.3, -0.25) is 4.68 Å². The van der Waals surface area contributed by atoms with Crippen LogP contribution in [0.4, 0.5) is 8.78 Å². The number of alkyl halides is 2. The molecule has 0 saturated heterocycles. The van der Waals surface area contributed by atoms with E-state index < -0.39 is 5.92 Å². The van der Waals surface area contributed by atoms with Crippen molar-refractivity contribution in [2.75, 3.05) is 0 Å². The molecule has 1 aromatic heterocycles. The maximum atomic E-state index is 13.2. The van der Waals surface area contributed by atoms with E-state index >= 15 is 0 Å². The average molecular weight is 362 g/mol. The van der Waals surface area contributed by atoms with Crippen LogP contribution < -0.4 is 0 Å². The highest BCUT2D eigenvalue weighted by molar-refractivity contribution is 14.1. The van der Waals surface area contributed by atoms with E-state index in [1.165, 1.54) is 0 Å². The normalized spacial score (nSPS) is 20.4. The monoisotopic (exact) mass is 362 g/mol. The molecular weight excluding hydrogens is 349 g/mol. The number of aromatic nitrogens is 2. The number of hydrogen-bond donors (Lipinski definition) is 0. The topological polar surface area (TPSA) is 17.8 Å². The van der Waals surface area contributed by atoms with Crippen LogP contribution in [0.3, 0.4) is 0 Å². The van der Waals surface area contributed by atoms with Crippen LogP contribution in [0.2, 0.25) is 0 Å². The minimum Gasteiger partial charge on any atom is -0.262 e. The Bertz CT molecular complexity index is 569. The van der Waals surface area contributed by atoms with Gasteiger partial charge in [0.25, 0.3) is 0 Å². The molecule has 1 saturated carbocycles. The number of halogens is 3. The Morgan fingerprint density at radius 3 is 2.72 bits per heavy atom. The van der Waals surface area contributed by atoms with Gasteiger partial charge in [0.05, 0.1) is 17.8 Å². The van der Waals surface area contributed by atoms with Gasteiger partial charge in [0.15, 0.2) is 0 Å². The van der Waals surface area contributed by atoms with Crippen LogP contribution in [0.15, 0.2) is 24.4 Å². The van der Waals surface area contributed by atoms with E-state index in [2.05, 4.69) is 33.8 Å². The van der Waals surface area contributed by atoms with Crippen LogP contribution >= 0.6 is 22.6 Å². The van der Waals surface area contributed by atoms with Gasteiger partial charge in [0.1, 0.15) is 0 Å². The van der Waals surface area contributed by atoms with Crippen molar-refractivity contribution in [2.45, 2.75) is 37.6 Å². The molecule has 0 bridgehead atoms. The number of fused-ring (bicyclic) bond motifs is 1. The largest absolute Gasteiger partial charge is 0.262 e. The van der Waals surface area contributed by atoms with Crippen LogP contribution in [-0.2, 0) is 0 Å². The van der Waals surface area contributed by atoms with Crippen molar-refractivity contribution in [2.24, 2.45) is 0 Å². The van der Waals surface area contributed by atoms with E-state index in [1.807, 2.05) is 23.0 Å². The SMILES string of the molecule is FC1(F)CCC(n2ncc3cc(I)ccc32)CC1. The van der Waals surface area contributed by atoms with Crippen LogP contribution in [0.1, 0.15) is 31.7 Å². The van der Waals surface area contributed by atoms with E-state index in [0.717, 1.165) is 14.5 Å². The number of rotatable bonds is 1. The smallest absolute Gasteiger partial charge is 0.248 e. The summed E-state index contributed by atoms with van der Waals surface area (Å²) < 4.78 is 29.4. The van der Waals surface area contributed by atoms with Crippen molar-refractivity contribution < 1.29 is 8.78 Å². The van der Waals surface area contributed by atoms with Gasteiger partial charge in [0.2, 0.25) is 5.92 Å². The number of benzene rings is 1. The van der Waals surface area contributed by atoms with Gasteiger partial charge >= 0.3 is 0 Å². The first kappa shape index (κ1) is 12.3. The highest BCUT2D eigenvalue weighted by atomic mass is 127. The molecule has 0 unspecified atom stereocenters. The second-order valence-corrected chi connectivity index (χ2v) is 6.13. The third-order valence-electron chi connectivity index (χ3n) is 3.59. The molecule has 1 aliphatic carbocycles. The minimum absolute atomic E-state index is 0.0244. The lowest BCUT2D eigenvalue weighted by Crippen LogP contribution is -2.26. The summed E-state index contributed by atoms with van der Waals surface area (Å²) in [5, 5.41) is 5.46. The number of nitrogens with zero attached hydrogens (tertiary/aromatic N) is 2. The van der Waals surface area contributed by atoms with Gasteiger partial charge in [-0.15, -0.1) is 0 Å². The Labute approximate surface area is 117 Å². The summed E-state index contributed by atoms with van der Waals surface area (Å²) >= 11 is 2.26. The van der Waals surface area contributed by atoms with Gasteiger partial charge in [-0.2, -0.15) is 5.10 Å². The molecule has 1 fully saturated rings. The Hall–Kier alpha value is -0.720. The lowest BCUT2D eigenvalue weighted by Gasteiger charge is -2.28. The fourth-order valence-electron chi connectivity index (χ4n) is 2.58. The first-order valence-electron chi connectivity index (χ1n) is 6.06. The zero-order chi connectivity index (χ0) is 12.8. The maximum absolute atomic E-state index is 13.2. The van der Waals surface area contributed by atoms with E-state index in [0.29, 0.717) is 12.8 Å². The van der Waals surface area contributed by atoms with Crippen molar-refractivity contribution in [3.05, 3.63) is 28.0 Å². The average Bonchev–Trinajstić information content (AvgIpc) is 2.72. The molecule has 5 heteroatoms. The molecule has 0 atom stereocenters. The molecule has 2 aromatic rings. The first-order chi connectivity index (χ1) is 8.55. The predicted molar refractivity (Wildman–Crippen MR) is 74.9 cm³/mol. The van der Waals surface area contributed by atoms with Gasteiger partial charge in [-0.1, -0.05) is 0 Å². The fourth-order valence-corrected chi connectivity index (χ4v) is 3.10. The summed E-state index contributed by atoms with van der Waals surface area (Å²) in [7, 11) is 0. The van der Waals surface area contributed by atoms with E-state index in [1.54, 1.807) is 0 Å². The Balaban J connectivity index is 1.91. The molecular formula is C13H13F2IN2. The second-order valence-electron chi connectivity index (χ2n) is 4.88. The maximum Gasteiger partial charge on any atom is 0.248 e. The molecule has 18 heavy (non-hydrogen) atoms. The molecule has 1 aromatic carbocycles. The summed E-state index contributed by atoms with van der Waals surface area (Å²) in [6.07, 6.45) is 2.79. The van der Waals surface area contributed by atoms with E-state index in [-0.39, 0.29) is 18.9 Å². The summed E-state index contributed by atoms with van der Waals surface area (Å²) in [6.45, 7) is 0. The lowest BCUT2D eigenvalue weighted by atomic mass is 9.92. The Morgan fingerprint density at radius 2 is 2.00 bits per heavy atom. The second kappa shape index (κ2) is 4.43. The van der Waals surface area contributed by atoms with Gasteiger partial charge < -0.3 is 0 Å². The van der Waals surface area contributed by atoms with E-state index in [9.17, 15) is 8.78 Å². The molecule has 0 aliphatic heterocycles. The van der Waals surface area contributed by atoms with Crippen LogP contribution in [0, 0.1) is 3.57 Å². The standard InChI is InChI=1S/C13H13F2IN2/c14-13(15)5-3-11(4-6-13)18-12-2-1-10(16)7-9(12)8-17-18/h1-2,7-8,11H,3-6H2. The zero-order valence-electron chi connectivity index (χ0n) is 9.74. The summed E-state index contributed by atoms with van der Waals surface area (Å²) in [5.41, 5.74) is 1.05. The van der Waals surface area contributed by atoms with Crippen LogP contribution in [0.25, 0.3) is 10.9 Å². The molecule has 1 aliphatic rings. The third kappa shape index (κ3) is 2.24. The van der Waals surface area contributed by atoms with Gasteiger partial charge in [-0.25, -0.2) is 8.78 Å². The third-order valence-corrected chi connectivity index (χ3v) is 4.26. The summed E-state index contributed by atoms with van der Waals surface area (Å²) in [4.78, 5) is 0. The summed E-state index contributed by atoms with van der Waals surface area (Å²) in [6, 6.07) is 6.23. The molecule has 0 amide bonds. The Morgan fingerprint density at radius 1 is 1.28 bits per heavy atom. The van der Waals surface area contributed by atoms with Crippen molar-refractivity contribution in [1.29, 1.82) is 0 Å². The van der Waals surface area contributed by atoms with Gasteiger partial charge in [-0.05, 0) is 53.6 Å². The molecule has 2 nitrogen and oxygen atoms in total.